The molecule has 0 spiro atoms. The minimum Gasteiger partial charge on any atom is -0.481 e. The third-order valence-corrected chi connectivity index (χ3v) is 9.80. The van der Waals surface area contributed by atoms with Crippen LogP contribution in [0.5, 0.6) is 0 Å². The zero-order valence-electron chi connectivity index (χ0n) is 38.8. The average Bonchev–Trinajstić information content (AvgIpc) is 3.26. The molecule has 2 atom stereocenters. The molecule has 18 nitrogen and oxygen atoms in total. The van der Waals surface area contributed by atoms with Crippen molar-refractivity contribution in [3.63, 3.8) is 0 Å². The highest BCUT2D eigenvalue weighted by molar-refractivity contribution is 5.85. The normalized spacial score (nSPS) is 11.8. The fourth-order valence-corrected chi connectivity index (χ4v) is 6.08. The van der Waals surface area contributed by atoms with E-state index in [-0.39, 0.29) is 62.0 Å². The largest absolute Gasteiger partial charge is 0.481 e. The lowest BCUT2D eigenvalue weighted by molar-refractivity contribution is -0.142. The standard InChI is InChI=1S/C25H45NO6.C20H39N3O8/c1-2-21(27)19-20-22(25(31)32)26-23(28)17-15-13-11-9-7-5-3-4-6-8-10-12-14-16-18-24(29)30;1-3-8-28-10-12-30-16-20(27)23-7-9-29-11-13-31-15-19(26)22-6-4-5-17(21-2)18(25)14-24/h22H,2-20H2,1H3,(H,26,28)(H,29,30)(H,31,32);17,21,24H,3-16H2,1-2H3,(H,22,26)(H,23,27)/t22-;17-/m00/s1. The minimum absolute atomic E-state index is 0.00969. The molecule has 0 fully saturated rings. The van der Waals surface area contributed by atoms with Crippen molar-refractivity contribution >= 4 is 41.2 Å². The Morgan fingerprint density at radius 3 is 1.44 bits per heavy atom. The summed E-state index contributed by atoms with van der Waals surface area (Å²) < 4.78 is 20.9. The molecule has 0 radical (unpaired) electrons. The molecule has 0 aliphatic heterocycles. The van der Waals surface area contributed by atoms with Gasteiger partial charge in [0.05, 0.1) is 39.1 Å². The molecule has 0 aliphatic carbocycles. The van der Waals surface area contributed by atoms with Crippen LogP contribution in [0.3, 0.4) is 0 Å². The number of amides is 3. The monoisotopic (exact) mass is 905 g/mol. The van der Waals surface area contributed by atoms with Crippen LogP contribution >= 0.6 is 0 Å². The van der Waals surface area contributed by atoms with E-state index in [1.807, 2.05) is 6.92 Å². The fraction of sp³-hybridized carbons (Fsp3) is 0.844. The number of carbonyl (C=O) groups is 7. The smallest absolute Gasteiger partial charge is 0.326 e. The third-order valence-electron chi connectivity index (χ3n) is 9.80. The minimum atomic E-state index is -1.09. The predicted molar refractivity (Wildman–Crippen MR) is 239 cm³/mol. The number of hydrogen-bond donors (Lipinski definition) is 7. The van der Waals surface area contributed by atoms with Crippen LogP contribution in [0.15, 0.2) is 0 Å². The first-order chi connectivity index (χ1) is 30.4. The predicted octanol–water partition coefficient (Wildman–Crippen LogP) is 4.27. The molecule has 0 rings (SSSR count). The molecule has 368 valence electrons. The number of unbranched alkanes of at least 4 members (excludes halogenated alkanes) is 13. The van der Waals surface area contributed by atoms with Crippen molar-refractivity contribution in [1.29, 1.82) is 0 Å². The number of carbonyl (C=O) groups excluding carboxylic acids is 5. The number of ether oxygens (including phenoxy) is 4. The molecule has 0 saturated carbocycles. The van der Waals surface area contributed by atoms with Gasteiger partial charge in [-0.1, -0.05) is 90.9 Å². The van der Waals surface area contributed by atoms with E-state index < -0.39 is 30.6 Å². The summed E-state index contributed by atoms with van der Waals surface area (Å²) in [5.41, 5.74) is 0. The van der Waals surface area contributed by atoms with E-state index >= 15 is 0 Å². The van der Waals surface area contributed by atoms with Gasteiger partial charge in [0.1, 0.15) is 31.6 Å². The van der Waals surface area contributed by atoms with E-state index in [0.29, 0.717) is 78.2 Å². The summed E-state index contributed by atoms with van der Waals surface area (Å²) in [6.45, 7) is 6.41. The van der Waals surface area contributed by atoms with Gasteiger partial charge >= 0.3 is 11.9 Å². The first kappa shape index (κ1) is 61.5. The molecule has 0 aromatic rings. The van der Waals surface area contributed by atoms with Crippen LogP contribution in [0.25, 0.3) is 0 Å². The molecule has 0 saturated heterocycles. The van der Waals surface area contributed by atoms with E-state index in [1.165, 1.54) is 51.4 Å². The van der Waals surface area contributed by atoms with Crippen LogP contribution in [0.2, 0.25) is 0 Å². The number of aliphatic hydroxyl groups is 1. The zero-order valence-corrected chi connectivity index (χ0v) is 38.8. The molecule has 0 bridgehead atoms. The SMILES string of the molecule is CCC(=O)CC[C@H](NC(=O)CCCCCCCCCCCCCCCCC(=O)O)C(=O)O.CCCOCCOCC(=O)NCCOCCOCC(=O)NCCC[C@H](NC)C(=O)CO. The second-order valence-corrected chi connectivity index (χ2v) is 15.4. The molecule has 63 heavy (non-hydrogen) atoms. The van der Waals surface area contributed by atoms with Gasteiger partial charge in [-0.05, 0) is 45.6 Å². The maximum atomic E-state index is 12.0. The van der Waals surface area contributed by atoms with Gasteiger partial charge < -0.3 is 55.5 Å². The molecule has 0 aromatic carbocycles. The maximum absolute atomic E-state index is 12.0. The molecule has 0 aliphatic rings. The van der Waals surface area contributed by atoms with Gasteiger partial charge in [0.15, 0.2) is 5.78 Å². The van der Waals surface area contributed by atoms with Crippen LogP contribution in [0.1, 0.15) is 155 Å². The van der Waals surface area contributed by atoms with Gasteiger partial charge in [-0.2, -0.15) is 0 Å². The summed E-state index contributed by atoms with van der Waals surface area (Å²) in [6, 6.07) is -1.38. The molecule has 7 N–H and O–H groups in total. The summed E-state index contributed by atoms with van der Waals surface area (Å²) in [4.78, 5) is 79.5. The van der Waals surface area contributed by atoms with Gasteiger partial charge in [-0.15, -0.1) is 0 Å². The maximum Gasteiger partial charge on any atom is 0.326 e. The second-order valence-electron chi connectivity index (χ2n) is 15.4. The fourth-order valence-electron chi connectivity index (χ4n) is 6.08. The number of aliphatic hydroxyl groups excluding tert-OH is 1. The summed E-state index contributed by atoms with van der Waals surface area (Å²) in [5, 5.41) is 37.3. The first-order valence-electron chi connectivity index (χ1n) is 23.3. The molecular formula is C45H84N4O14. The van der Waals surface area contributed by atoms with Crippen LogP contribution in [0, 0.1) is 0 Å². The summed E-state index contributed by atoms with van der Waals surface area (Å²) in [5.74, 6) is -2.75. The lowest BCUT2D eigenvalue weighted by atomic mass is 10.0. The number of carboxylic acid groups (broad SMARTS) is 2. The number of likely N-dealkylation sites (N-methyl/N-ethyl adjacent to an activating group) is 1. The Morgan fingerprint density at radius 2 is 0.984 bits per heavy atom. The highest BCUT2D eigenvalue weighted by Gasteiger charge is 2.20. The van der Waals surface area contributed by atoms with Crippen molar-refractivity contribution in [2.75, 3.05) is 79.6 Å². The number of hydrogen-bond acceptors (Lipinski definition) is 13. The second kappa shape index (κ2) is 46.4. The van der Waals surface area contributed by atoms with Crippen LogP contribution in [0.4, 0.5) is 0 Å². The number of carboxylic acids is 2. The van der Waals surface area contributed by atoms with Gasteiger partial charge in [-0.3, -0.25) is 28.8 Å². The van der Waals surface area contributed by atoms with Crippen molar-refractivity contribution in [3.8, 4) is 0 Å². The number of rotatable bonds is 45. The van der Waals surface area contributed by atoms with Crippen molar-refractivity contribution in [1.82, 2.24) is 21.3 Å². The number of Topliss-reactive ketones (excluding diaryl/α,β-unsaturated/α-hetero) is 2. The quantitative estimate of drug-likeness (QED) is 0.0421. The lowest BCUT2D eigenvalue weighted by Crippen LogP contribution is -2.41. The average molecular weight is 905 g/mol. The molecular weight excluding hydrogens is 821 g/mol. The van der Waals surface area contributed by atoms with Crippen molar-refractivity contribution in [3.05, 3.63) is 0 Å². The molecule has 0 heterocycles. The van der Waals surface area contributed by atoms with Crippen LogP contribution < -0.4 is 21.3 Å². The number of nitrogens with one attached hydrogen (secondary N) is 4. The highest BCUT2D eigenvalue weighted by atomic mass is 16.5. The number of aliphatic carboxylic acids is 2. The first-order valence-corrected chi connectivity index (χ1v) is 23.3. The molecule has 3 amide bonds. The van der Waals surface area contributed by atoms with Crippen LogP contribution in [-0.2, 0) is 52.5 Å². The van der Waals surface area contributed by atoms with Gasteiger partial charge in [0.25, 0.3) is 0 Å². The van der Waals surface area contributed by atoms with Crippen LogP contribution in [-0.4, -0.2) is 148 Å². The van der Waals surface area contributed by atoms with Gasteiger partial charge in [0, 0.05) is 45.4 Å². The van der Waals surface area contributed by atoms with Gasteiger partial charge in [0.2, 0.25) is 17.7 Å². The summed E-state index contributed by atoms with van der Waals surface area (Å²) in [7, 11) is 1.65. The van der Waals surface area contributed by atoms with E-state index in [1.54, 1.807) is 14.0 Å². The Hall–Kier alpha value is -3.55. The Labute approximate surface area is 376 Å². The van der Waals surface area contributed by atoms with E-state index in [4.69, 9.17) is 29.2 Å². The number of ketones is 2. The van der Waals surface area contributed by atoms with Gasteiger partial charge in [-0.25, -0.2) is 4.79 Å². The summed E-state index contributed by atoms with van der Waals surface area (Å²) >= 11 is 0. The molecule has 0 aromatic heterocycles. The topological polar surface area (TPSA) is 265 Å². The zero-order chi connectivity index (χ0) is 47.2. The lowest BCUT2D eigenvalue weighted by Gasteiger charge is -2.14. The van der Waals surface area contributed by atoms with E-state index in [2.05, 4.69) is 21.3 Å². The van der Waals surface area contributed by atoms with E-state index in [9.17, 15) is 38.7 Å². The van der Waals surface area contributed by atoms with Crippen molar-refractivity contribution in [2.45, 2.75) is 167 Å². The van der Waals surface area contributed by atoms with Crippen molar-refractivity contribution < 1.29 is 67.8 Å². The Balaban J connectivity index is 0. The Kier molecular flexibility index (Phi) is 45.4. The highest BCUT2D eigenvalue weighted by Crippen LogP contribution is 2.14. The molecule has 0 unspecified atom stereocenters. The molecule has 18 heteroatoms. The van der Waals surface area contributed by atoms with Crippen molar-refractivity contribution in [2.24, 2.45) is 0 Å². The Bertz CT molecular complexity index is 1190. The van der Waals surface area contributed by atoms with E-state index in [0.717, 1.165) is 44.9 Å². The third kappa shape index (κ3) is 44.8. The Morgan fingerprint density at radius 1 is 0.508 bits per heavy atom. The summed E-state index contributed by atoms with van der Waals surface area (Å²) in [6.07, 6.45) is 19.1.